The smallest absolute Gasteiger partial charge is 0.0564 e. The Hall–Kier alpha value is 0. The summed E-state index contributed by atoms with van der Waals surface area (Å²) in [6.45, 7) is 13.0. The van der Waals surface area contributed by atoms with Crippen LogP contribution in [0.25, 0.3) is 0 Å². The molecule has 0 radical (unpaired) electrons. The molecule has 0 rings (SSSR count). The van der Waals surface area contributed by atoms with E-state index in [4.69, 9.17) is 0 Å². The van der Waals surface area contributed by atoms with Crippen LogP contribution < -0.4 is 0 Å². The lowest BCUT2D eigenvalue weighted by atomic mass is 10.4. The van der Waals surface area contributed by atoms with Gasteiger partial charge in [0, 0.05) is 0 Å². The third kappa shape index (κ3) is 363. The molecule has 0 aliphatic rings. The molecule has 0 N–H and O–H groups in total. The SMILES string of the molecule is C.C.C.CCC.CCCC.CCCC. The van der Waals surface area contributed by atoms with Crippen molar-refractivity contribution in [3.8, 4) is 0 Å². The van der Waals surface area contributed by atoms with Gasteiger partial charge in [0.15, 0.2) is 0 Å². The molecule has 0 aromatic rings. The first kappa shape index (κ1) is 37.0. The molecule has 0 saturated carbocycles. The summed E-state index contributed by atoms with van der Waals surface area (Å²) in [5.74, 6) is 0. The fourth-order valence-corrected chi connectivity index (χ4v) is 0. The van der Waals surface area contributed by atoms with Crippen LogP contribution >= 0.6 is 0 Å². The normalized spacial score (nSPS) is 5.57. The number of rotatable bonds is 2. The van der Waals surface area contributed by atoms with Gasteiger partial charge >= 0.3 is 0 Å². The molecule has 0 bridgehead atoms. The Morgan fingerprint density at radius 2 is 0.500 bits per heavy atom. The van der Waals surface area contributed by atoms with Crippen molar-refractivity contribution in [2.75, 3.05) is 0 Å². The number of hydrogen-bond acceptors (Lipinski definition) is 0. The Labute approximate surface area is 96.5 Å². The number of unbranched alkanes of at least 4 members (excludes halogenated alkanes) is 2. The van der Waals surface area contributed by atoms with E-state index in [9.17, 15) is 0 Å². The topological polar surface area (TPSA) is 0 Å². The molecule has 0 unspecified atom stereocenters. The molecule has 14 heavy (non-hydrogen) atoms. The van der Waals surface area contributed by atoms with E-state index < -0.39 is 0 Å². The van der Waals surface area contributed by atoms with E-state index >= 15 is 0 Å². The van der Waals surface area contributed by atoms with Gasteiger partial charge in [-0.2, -0.15) is 0 Å². The Morgan fingerprint density at radius 3 is 0.500 bits per heavy atom. The van der Waals surface area contributed by atoms with Crippen LogP contribution in [-0.2, 0) is 0 Å². The summed E-state index contributed by atoms with van der Waals surface area (Å²) in [4.78, 5) is 0. The second kappa shape index (κ2) is 74.9. The van der Waals surface area contributed by atoms with Crippen LogP contribution in [-0.4, -0.2) is 0 Å². The van der Waals surface area contributed by atoms with Gasteiger partial charge in [-0.1, -0.05) is 95.9 Å². The van der Waals surface area contributed by atoms with Crippen molar-refractivity contribution in [1.29, 1.82) is 0 Å². The zero-order valence-electron chi connectivity index (χ0n) is 9.54. The first-order valence-electron chi connectivity index (χ1n) is 5.24. The fourth-order valence-electron chi connectivity index (χ4n) is 0. The van der Waals surface area contributed by atoms with E-state index in [0.717, 1.165) is 0 Å². The van der Waals surface area contributed by atoms with E-state index in [0.29, 0.717) is 0 Å². The van der Waals surface area contributed by atoms with Gasteiger partial charge in [0.1, 0.15) is 0 Å². The minimum absolute atomic E-state index is 0. The summed E-state index contributed by atoms with van der Waals surface area (Å²) in [5.41, 5.74) is 0. The predicted molar refractivity (Wildman–Crippen MR) is 77.3 cm³/mol. The van der Waals surface area contributed by atoms with Crippen molar-refractivity contribution in [2.24, 2.45) is 0 Å². The van der Waals surface area contributed by atoms with Crippen molar-refractivity contribution < 1.29 is 0 Å². The Bertz CT molecular complexity index is 15.2. The summed E-state index contributed by atoms with van der Waals surface area (Å²) >= 11 is 0. The lowest BCUT2D eigenvalue weighted by molar-refractivity contribution is 0.886. The molecule has 0 heteroatoms. The van der Waals surface area contributed by atoms with Gasteiger partial charge in [-0.15, -0.1) is 0 Å². The van der Waals surface area contributed by atoms with E-state index in [1.165, 1.54) is 32.1 Å². The molecular formula is C14H40. The number of hydrogen-bond donors (Lipinski definition) is 0. The van der Waals surface area contributed by atoms with Gasteiger partial charge in [0.25, 0.3) is 0 Å². The average Bonchev–Trinajstić information content (AvgIpc) is 2.06. The average molecular weight is 208 g/mol. The summed E-state index contributed by atoms with van der Waals surface area (Å²) in [7, 11) is 0. The van der Waals surface area contributed by atoms with E-state index in [1.807, 2.05) is 0 Å². The Kier molecular flexibility index (Phi) is 198. The van der Waals surface area contributed by atoms with Crippen LogP contribution in [0.2, 0.25) is 0 Å². The minimum atomic E-state index is 0. The zero-order chi connectivity index (χ0) is 9.54. The largest absolute Gasteiger partial charge is 0.0776 e. The van der Waals surface area contributed by atoms with Crippen LogP contribution in [0.3, 0.4) is 0 Å². The molecule has 0 aromatic carbocycles. The molecule has 0 fully saturated rings. The highest BCUT2D eigenvalue weighted by Gasteiger charge is 1.56. The quantitative estimate of drug-likeness (QED) is 0.461. The van der Waals surface area contributed by atoms with Gasteiger partial charge in [0.2, 0.25) is 0 Å². The van der Waals surface area contributed by atoms with Crippen molar-refractivity contribution in [2.45, 2.75) is 95.9 Å². The highest BCUT2D eigenvalue weighted by Crippen LogP contribution is 1.77. The second-order valence-corrected chi connectivity index (χ2v) is 2.71. The van der Waals surface area contributed by atoms with Crippen molar-refractivity contribution in [1.82, 2.24) is 0 Å². The summed E-state index contributed by atoms with van der Waals surface area (Å²) in [5, 5.41) is 0. The first-order valence-corrected chi connectivity index (χ1v) is 5.24. The zero-order valence-corrected chi connectivity index (χ0v) is 9.54. The Morgan fingerprint density at radius 1 is 0.429 bits per heavy atom. The van der Waals surface area contributed by atoms with Crippen LogP contribution in [0.5, 0.6) is 0 Å². The molecule has 0 spiro atoms. The lowest BCUT2D eigenvalue weighted by Crippen LogP contribution is -1.47. The third-order valence-corrected chi connectivity index (χ3v) is 1.000. The molecule has 0 heterocycles. The highest BCUT2D eigenvalue weighted by atomic mass is 13.6. The predicted octanol–water partition coefficient (Wildman–Crippen LogP) is 6.94. The van der Waals surface area contributed by atoms with E-state index in [1.54, 1.807) is 0 Å². The first-order chi connectivity index (χ1) is 5.24. The minimum Gasteiger partial charge on any atom is -0.0776 e. The summed E-state index contributed by atoms with van der Waals surface area (Å²) < 4.78 is 0. The maximum atomic E-state index is 2.18. The van der Waals surface area contributed by atoms with Crippen LogP contribution in [0.1, 0.15) is 95.9 Å². The van der Waals surface area contributed by atoms with Crippen LogP contribution in [0, 0.1) is 0 Å². The standard InChI is InChI=1S/2C4H10.C3H8.3CH4/c2*1-3-4-2;1-3-2;;;/h2*3-4H2,1-2H3;3H2,1-2H3;3*1H4. The molecule has 0 amide bonds. The van der Waals surface area contributed by atoms with Crippen LogP contribution in [0.15, 0.2) is 0 Å². The van der Waals surface area contributed by atoms with Crippen molar-refractivity contribution in [3.05, 3.63) is 0 Å². The van der Waals surface area contributed by atoms with Crippen molar-refractivity contribution >= 4 is 0 Å². The maximum Gasteiger partial charge on any atom is -0.0564 e. The molecule has 0 atom stereocenters. The van der Waals surface area contributed by atoms with E-state index in [2.05, 4.69) is 41.5 Å². The van der Waals surface area contributed by atoms with Crippen molar-refractivity contribution in [3.63, 3.8) is 0 Å². The van der Waals surface area contributed by atoms with Gasteiger partial charge in [-0.3, -0.25) is 0 Å². The maximum absolute atomic E-state index is 2.18. The molecule has 96 valence electrons. The van der Waals surface area contributed by atoms with Gasteiger partial charge in [-0.25, -0.2) is 0 Å². The molecule has 0 aliphatic carbocycles. The van der Waals surface area contributed by atoms with Gasteiger partial charge < -0.3 is 0 Å². The summed E-state index contributed by atoms with van der Waals surface area (Å²) in [6.07, 6.45) is 6.53. The van der Waals surface area contributed by atoms with Gasteiger partial charge in [-0.05, 0) is 0 Å². The third-order valence-electron chi connectivity index (χ3n) is 1.000. The Balaban J connectivity index is -0.0000000156. The second-order valence-electron chi connectivity index (χ2n) is 2.71. The van der Waals surface area contributed by atoms with E-state index in [-0.39, 0.29) is 22.3 Å². The van der Waals surface area contributed by atoms with Crippen LogP contribution in [0.4, 0.5) is 0 Å². The molecular weight excluding hydrogens is 168 g/mol. The molecule has 0 aliphatic heterocycles. The lowest BCUT2D eigenvalue weighted by Gasteiger charge is -1.68. The fraction of sp³-hybridized carbons (Fsp3) is 1.00. The molecule has 0 aromatic heterocycles. The monoisotopic (exact) mass is 208 g/mol. The molecule has 0 saturated heterocycles. The highest BCUT2D eigenvalue weighted by molar-refractivity contribution is 4.13. The molecule has 0 nitrogen and oxygen atoms in total. The summed E-state index contributed by atoms with van der Waals surface area (Å²) in [6, 6.07) is 0. The van der Waals surface area contributed by atoms with Gasteiger partial charge in [0.05, 0.1) is 0 Å².